The molecular formula is C14H24N4O2. The zero-order chi connectivity index (χ0) is 15.3. The number of pyridine rings is 1. The Labute approximate surface area is 120 Å². The second-order valence-corrected chi connectivity index (χ2v) is 5.01. The van der Waals surface area contributed by atoms with Crippen LogP contribution in [0.15, 0.2) is 12.3 Å². The van der Waals surface area contributed by atoms with Gasteiger partial charge in [-0.15, -0.1) is 0 Å². The molecule has 6 nitrogen and oxygen atoms in total. The molecule has 0 fully saturated rings. The van der Waals surface area contributed by atoms with Crippen molar-refractivity contribution in [3.8, 4) is 5.88 Å². The number of methoxy groups -OCH3 is 1. The van der Waals surface area contributed by atoms with E-state index in [0.717, 1.165) is 12.1 Å². The zero-order valence-corrected chi connectivity index (χ0v) is 12.8. The molecule has 2 unspecified atom stereocenters. The lowest BCUT2D eigenvalue weighted by Crippen LogP contribution is -2.41. The predicted molar refractivity (Wildman–Crippen MR) is 81.2 cm³/mol. The van der Waals surface area contributed by atoms with Gasteiger partial charge in [-0.2, -0.15) is 0 Å². The maximum absolute atomic E-state index is 12.2. The van der Waals surface area contributed by atoms with E-state index < -0.39 is 6.04 Å². The molecule has 0 radical (unpaired) electrons. The van der Waals surface area contributed by atoms with Gasteiger partial charge in [0.1, 0.15) is 5.69 Å². The molecule has 0 aliphatic heterocycles. The molecule has 1 amide bonds. The van der Waals surface area contributed by atoms with E-state index in [4.69, 9.17) is 10.5 Å². The average molecular weight is 280 g/mol. The van der Waals surface area contributed by atoms with Gasteiger partial charge in [-0.3, -0.25) is 4.79 Å². The Hall–Kier alpha value is -1.82. The number of nitrogens with two attached hydrogens (primary N) is 1. The highest BCUT2D eigenvalue weighted by atomic mass is 16.5. The van der Waals surface area contributed by atoms with Crippen LogP contribution in [0.2, 0.25) is 0 Å². The smallest absolute Gasteiger partial charge is 0.241 e. The van der Waals surface area contributed by atoms with Gasteiger partial charge in [0.2, 0.25) is 11.8 Å². The minimum absolute atomic E-state index is 0.112. The molecule has 20 heavy (non-hydrogen) atoms. The lowest BCUT2D eigenvalue weighted by Gasteiger charge is -2.22. The first kappa shape index (κ1) is 16.2. The molecule has 1 rings (SSSR count). The van der Waals surface area contributed by atoms with Gasteiger partial charge in [-0.1, -0.05) is 20.3 Å². The van der Waals surface area contributed by atoms with Crippen molar-refractivity contribution in [3.63, 3.8) is 0 Å². The maximum Gasteiger partial charge on any atom is 0.241 e. The van der Waals surface area contributed by atoms with Gasteiger partial charge in [0, 0.05) is 20.3 Å². The second kappa shape index (κ2) is 7.09. The van der Waals surface area contributed by atoms with E-state index in [1.807, 2.05) is 38.9 Å². The van der Waals surface area contributed by atoms with Crippen molar-refractivity contribution in [2.45, 2.75) is 26.3 Å². The molecule has 3 N–H and O–H groups in total. The Kier molecular flexibility index (Phi) is 5.76. The number of aromatic nitrogens is 1. The number of amides is 1. The fourth-order valence-corrected chi connectivity index (χ4v) is 1.80. The van der Waals surface area contributed by atoms with Gasteiger partial charge in [0.05, 0.1) is 18.8 Å². The van der Waals surface area contributed by atoms with Gasteiger partial charge in [0.15, 0.2) is 0 Å². The molecule has 0 bridgehead atoms. The minimum atomic E-state index is -0.556. The lowest BCUT2D eigenvalue weighted by molar-refractivity contribution is -0.118. The number of rotatable bonds is 6. The molecular weight excluding hydrogens is 256 g/mol. The number of ether oxygens (including phenoxy) is 1. The van der Waals surface area contributed by atoms with E-state index in [1.165, 1.54) is 7.11 Å². The Morgan fingerprint density at radius 3 is 2.70 bits per heavy atom. The van der Waals surface area contributed by atoms with E-state index in [2.05, 4.69) is 10.3 Å². The Balaban J connectivity index is 3.04. The number of anilines is 2. The number of carbonyl (C=O) groups excluding carboxylic acids is 1. The summed E-state index contributed by atoms with van der Waals surface area (Å²) in [4.78, 5) is 18.2. The molecule has 0 aromatic carbocycles. The van der Waals surface area contributed by atoms with Crippen LogP contribution in [-0.2, 0) is 4.79 Å². The fourth-order valence-electron chi connectivity index (χ4n) is 1.80. The summed E-state index contributed by atoms with van der Waals surface area (Å²) in [6, 6.07) is 1.26. The number of nitrogens with zero attached hydrogens (tertiary/aromatic N) is 2. The standard InChI is InChI=1S/C14H24N4O2/c1-6-9(2)11(15)13(19)17-12-10(18(3)4)7-8-16-14(12)20-5/h7-9,11H,6,15H2,1-5H3,(H,17,19). The molecule has 0 aliphatic carbocycles. The number of hydrogen-bond acceptors (Lipinski definition) is 5. The fraction of sp³-hybridized carbons (Fsp3) is 0.571. The molecule has 1 heterocycles. The second-order valence-electron chi connectivity index (χ2n) is 5.01. The SMILES string of the molecule is CCC(C)C(N)C(=O)Nc1c(N(C)C)ccnc1OC. The van der Waals surface area contributed by atoms with E-state index in [1.54, 1.807) is 6.20 Å². The van der Waals surface area contributed by atoms with Crippen LogP contribution in [0.1, 0.15) is 20.3 Å². The van der Waals surface area contributed by atoms with Crippen molar-refractivity contribution < 1.29 is 9.53 Å². The summed E-state index contributed by atoms with van der Waals surface area (Å²) in [6.07, 6.45) is 2.48. The molecule has 2 atom stereocenters. The first-order valence-corrected chi connectivity index (χ1v) is 6.69. The molecule has 0 aliphatic rings. The molecule has 0 saturated carbocycles. The zero-order valence-electron chi connectivity index (χ0n) is 12.8. The summed E-state index contributed by atoms with van der Waals surface area (Å²) in [5, 5.41) is 2.83. The Morgan fingerprint density at radius 2 is 2.20 bits per heavy atom. The number of hydrogen-bond donors (Lipinski definition) is 2. The third kappa shape index (κ3) is 3.60. The highest BCUT2D eigenvalue weighted by Gasteiger charge is 2.22. The van der Waals surface area contributed by atoms with Crippen LogP contribution in [0.25, 0.3) is 0 Å². The first-order chi connectivity index (χ1) is 9.42. The summed E-state index contributed by atoms with van der Waals surface area (Å²) < 4.78 is 5.21. The molecule has 0 spiro atoms. The monoisotopic (exact) mass is 280 g/mol. The van der Waals surface area contributed by atoms with Gasteiger partial charge in [-0.25, -0.2) is 4.98 Å². The van der Waals surface area contributed by atoms with E-state index in [0.29, 0.717) is 11.6 Å². The Morgan fingerprint density at radius 1 is 1.55 bits per heavy atom. The highest BCUT2D eigenvalue weighted by molar-refractivity contribution is 5.99. The molecule has 112 valence electrons. The van der Waals surface area contributed by atoms with E-state index in [9.17, 15) is 4.79 Å². The summed E-state index contributed by atoms with van der Waals surface area (Å²) in [5.74, 6) is 0.259. The normalized spacial score (nSPS) is 13.5. The van der Waals surface area contributed by atoms with Crippen molar-refractivity contribution in [1.82, 2.24) is 4.98 Å². The van der Waals surface area contributed by atoms with Crippen LogP contribution in [0.3, 0.4) is 0 Å². The average Bonchev–Trinajstić information content (AvgIpc) is 2.45. The maximum atomic E-state index is 12.2. The van der Waals surface area contributed by atoms with Crippen LogP contribution >= 0.6 is 0 Å². The van der Waals surface area contributed by atoms with Crippen LogP contribution in [0.5, 0.6) is 5.88 Å². The largest absolute Gasteiger partial charge is 0.479 e. The molecule has 1 aromatic rings. The number of carbonyl (C=O) groups is 1. The van der Waals surface area contributed by atoms with Crippen LogP contribution in [0.4, 0.5) is 11.4 Å². The highest BCUT2D eigenvalue weighted by Crippen LogP contribution is 2.32. The van der Waals surface area contributed by atoms with Gasteiger partial charge in [-0.05, 0) is 12.0 Å². The van der Waals surface area contributed by atoms with E-state index >= 15 is 0 Å². The third-order valence-electron chi connectivity index (χ3n) is 3.38. The first-order valence-electron chi connectivity index (χ1n) is 6.69. The lowest BCUT2D eigenvalue weighted by atomic mass is 9.99. The van der Waals surface area contributed by atoms with Gasteiger partial charge in [0.25, 0.3) is 0 Å². The summed E-state index contributed by atoms with van der Waals surface area (Å²) in [7, 11) is 5.30. The minimum Gasteiger partial charge on any atom is -0.479 e. The van der Waals surface area contributed by atoms with Crippen molar-refractivity contribution in [2.24, 2.45) is 11.7 Å². The summed E-state index contributed by atoms with van der Waals surface area (Å²) in [5.41, 5.74) is 7.32. The van der Waals surface area contributed by atoms with Crippen molar-refractivity contribution in [1.29, 1.82) is 0 Å². The van der Waals surface area contributed by atoms with Crippen LogP contribution in [0, 0.1) is 5.92 Å². The summed E-state index contributed by atoms with van der Waals surface area (Å²) >= 11 is 0. The van der Waals surface area contributed by atoms with Gasteiger partial charge >= 0.3 is 0 Å². The third-order valence-corrected chi connectivity index (χ3v) is 3.38. The molecule has 0 saturated heterocycles. The Bertz CT molecular complexity index is 462. The van der Waals surface area contributed by atoms with Crippen LogP contribution < -0.4 is 20.7 Å². The van der Waals surface area contributed by atoms with Crippen molar-refractivity contribution in [2.75, 3.05) is 31.4 Å². The van der Waals surface area contributed by atoms with Crippen LogP contribution in [-0.4, -0.2) is 38.1 Å². The summed E-state index contributed by atoms with van der Waals surface area (Å²) in [6.45, 7) is 3.96. The van der Waals surface area contributed by atoms with Crippen molar-refractivity contribution >= 4 is 17.3 Å². The predicted octanol–water partition coefficient (Wildman–Crippen LogP) is 1.47. The molecule has 1 aromatic heterocycles. The number of nitrogens with one attached hydrogen (secondary N) is 1. The quantitative estimate of drug-likeness (QED) is 0.824. The van der Waals surface area contributed by atoms with E-state index in [-0.39, 0.29) is 11.8 Å². The van der Waals surface area contributed by atoms with Gasteiger partial charge < -0.3 is 20.7 Å². The molecule has 6 heteroatoms. The topological polar surface area (TPSA) is 80.5 Å². The van der Waals surface area contributed by atoms with Crippen molar-refractivity contribution in [3.05, 3.63) is 12.3 Å².